The summed E-state index contributed by atoms with van der Waals surface area (Å²) < 4.78 is 4.91. The molecule has 65 valence electrons. The van der Waals surface area contributed by atoms with E-state index < -0.39 is 0 Å². The molecule has 0 atom stereocenters. The molecular formula is C9H17O2. The second-order valence-electron chi connectivity index (χ2n) is 3.01. The first-order valence-electron chi connectivity index (χ1n) is 4.11. The van der Waals surface area contributed by atoms with Gasteiger partial charge in [0.05, 0.1) is 6.61 Å². The summed E-state index contributed by atoms with van der Waals surface area (Å²) >= 11 is 0. The number of ether oxygens (including phenoxy) is 1. The van der Waals surface area contributed by atoms with Crippen LogP contribution in [0.5, 0.6) is 0 Å². The molecule has 0 N–H and O–H groups in total. The largest absolute Gasteiger partial charge is 0.466 e. The van der Waals surface area contributed by atoms with Crippen LogP contribution in [0.1, 0.15) is 33.1 Å². The Balaban J connectivity index is 3.17. The van der Waals surface area contributed by atoms with Crippen molar-refractivity contribution < 1.29 is 9.53 Å². The molecule has 0 fully saturated rings. The Kier molecular flexibility index (Phi) is 5.90. The molecule has 0 aliphatic heterocycles. The van der Waals surface area contributed by atoms with E-state index in [4.69, 9.17) is 4.74 Å². The SMILES string of the molecule is [CH2]CCC(=O)OCCC(C)C. The Bertz CT molecular complexity index is 108. The van der Waals surface area contributed by atoms with Crippen LogP contribution in [-0.2, 0) is 9.53 Å². The summed E-state index contributed by atoms with van der Waals surface area (Å²) in [5, 5.41) is 0. The Hall–Kier alpha value is -0.530. The van der Waals surface area contributed by atoms with Crippen LogP contribution in [0.3, 0.4) is 0 Å². The molecule has 0 aliphatic carbocycles. The van der Waals surface area contributed by atoms with Crippen molar-refractivity contribution >= 4 is 5.97 Å². The van der Waals surface area contributed by atoms with Gasteiger partial charge in [-0.3, -0.25) is 4.79 Å². The average Bonchev–Trinajstić information content (AvgIpc) is 1.87. The molecular weight excluding hydrogens is 140 g/mol. The van der Waals surface area contributed by atoms with Crippen LogP contribution in [0.2, 0.25) is 0 Å². The van der Waals surface area contributed by atoms with Crippen LogP contribution in [0.15, 0.2) is 0 Å². The Morgan fingerprint density at radius 3 is 2.64 bits per heavy atom. The fourth-order valence-electron chi connectivity index (χ4n) is 0.625. The second-order valence-corrected chi connectivity index (χ2v) is 3.01. The summed E-state index contributed by atoms with van der Waals surface area (Å²) in [7, 11) is 0. The van der Waals surface area contributed by atoms with Crippen LogP contribution < -0.4 is 0 Å². The van der Waals surface area contributed by atoms with Gasteiger partial charge in [0, 0.05) is 6.42 Å². The van der Waals surface area contributed by atoms with Crippen molar-refractivity contribution in [1.29, 1.82) is 0 Å². The second kappa shape index (κ2) is 6.20. The maximum Gasteiger partial charge on any atom is 0.305 e. The minimum atomic E-state index is -0.124. The summed E-state index contributed by atoms with van der Waals surface area (Å²) in [6.45, 7) is 8.33. The van der Waals surface area contributed by atoms with Crippen LogP contribution in [-0.4, -0.2) is 12.6 Å². The number of carbonyl (C=O) groups excluding carboxylic acids is 1. The molecule has 2 nitrogen and oxygen atoms in total. The summed E-state index contributed by atoms with van der Waals surface area (Å²) in [6, 6.07) is 0. The van der Waals surface area contributed by atoms with Gasteiger partial charge in [0.15, 0.2) is 0 Å². The van der Waals surface area contributed by atoms with E-state index in [9.17, 15) is 4.79 Å². The van der Waals surface area contributed by atoms with Gasteiger partial charge in [0.25, 0.3) is 0 Å². The Morgan fingerprint density at radius 2 is 2.18 bits per heavy atom. The first-order valence-corrected chi connectivity index (χ1v) is 4.11. The third-order valence-electron chi connectivity index (χ3n) is 1.34. The predicted octanol–water partition coefficient (Wildman–Crippen LogP) is 2.19. The first-order chi connectivity index (χ1) is 5.16. The fraction of sp³-hybridized carbons (Fsp3) is 0.778. The van der Waals surface area contributed by atoms with E-state index in [0.29, 0.717) is 25.4 Å². The first kappa shape index (κ1) is 10.5. The van der Waals surface area contributed by atoms with Gasteiger partial charge in [-0.1, -0.05) is 20.8 Å². The van der Waals surface area contributed by atoms with Crippen molar-refractivity contribution in [2.45, 2.75) is 33.1 Å². The van der Waals surface area contributed by atoms with E-state index in [1.165, 1.54) is 0 Å². The lowest BCUT2D eigenvalue weighted by Crippen LogP contribution is -2.06. The Labute approximate surface area is 68.9 Å². The molecule has 0 unspecified atom stereocenters. The van der Waals surface area contributed by atoms with Crippen molar-refractivity contribution in [3.05, 3.63) is 6.92 Å². The molecule has 2 heteroatoms. The molecule has 0 aliphatic rings. The topological polar surface area (TPSA) is 26.3 Å². The highest BCUT2D eigenvalue weighted by molar-refractivity contribution is 5.69. The third kappa shape index (κ3) is 7.37. The number of rotatable bonds is 5. The Morgan fingerprint density at radius 1 is 1.55 bits per heavy atom. The van der Waals surface area contributed by atoms with Gasteiger partial charge in [-0.25, -0.2) is 0 Å². The molecule has 11 heavy (non-hydrogen) atoms. The zero-order valence-corrected chi connectivity index (χ0v) is 7.43. The molecule has 1 radical (unpaired) electrons. The highest BCUT2D eigenvalue weighted by Gasteiger charge is 2.00. The molecule has 0 aromatic rings. The van der Waals surface area contributed by atoms with Crippen molar-refractivity contribution in [3.63, 3.8) is 0 Å². The number of esters is 1. The van der Waals surface area contributed by atoms with Crippen molar-refractivity contribution in [3.8, 4) is 0 Å². The van der Waals surface area contributed by atoms with E-state index in [1.54, 1.807) is 0 Å². The normalized spacial score (nSPS) is 10.2. The molecule has 0 aromatic heterocycles. The lowest BCUT2D eigenvalue weighted by atomic mass is 10.1. The highest BCUT2D eigenvalue weighted by Crippen LogP contribution is 2.00. The quantitative estimate of drug-likeness (QED) is 0.572. The molecule has 0 amide bonds. The number of hydrogen-bond acceptors (Lipinski definition) is 2. The van der Waals surface area contributed by atoms with Crippen LogP contribution >= 0.6 is 0 Å². The molecule has 0 spiro atoms. The lowest BCUT2D eigenvalue weighted by Gasteiger charge is -2.05. The smallest absolute Gasteiger partial charge is 0.305 e. The third-order valence-corrected chi connectivity index (χ3v) is 1.34. The number of hydrogen-bond donors (Lipinski definition) is 0. The van der Waals surface area contributed by atoms with Gasteiger partial charge >= 0.3 is 5.97 Å². The van der Waals surface area contributed by atoms with Gasteiger partial charge in [-0.15, -0.1) is 0 Å². The van der Waals surface area contributed by atoms with Gasteiger partial charge < -0.3 is 4.74 Å². The van der Waals surface area contributed by atoms with Gasteiger partial charge in [-0.05, 0) is 18.8 Å². The van der Waals surface area contributed by atoms with Gasteiger partial charge in [0.2, 0.25) is 0 Å². The molecule has 0 bridgehead atoms. The minimum absolute atomic E-state index is 0.124. The van der Waals surface area contributed by atoms with Crippen molar-refractivity contribution in [2.75, 3.05) is 6.61 Å². The van der Waals surface area contributed by atoms with E-state index in [-0.39, 0.29) is 5.97 Å². The molecule has 0 heterocycles. The zero-order chi connectivity index (χ0) is 8.69. The van der Waals surface area contributed by atoms with E-state index >= 15 is 0 Å². The molecule has 0 rings (SSSR count). The monoisotopic (exact) mass is 157 g/mol. The van der Waals surface area contributed by atoms with Crippen LogP contribution in [0.25, 0.3) is 0 Å². The van der Waals surface area contributed by atoms with Crippen LogP contribution in [0, 0.1) is 12.8 Å². The molecule has 0 aromatic carbocycles. The fourth-order valence-corrected chi connectivity index (χ4v) is 0.625. The molecule has 0 saturated heterocycles. The van der Waals surface area contributed by atoms with E-state index in [0.717, 1.165) is 6.42 Å². The van der Waals surface area contributed by atoms with Crippen LogP contribution in [0.4, 0.5) is 0 Å². The summed E-state index contributed by atoms with van der Waals surface area (Å²) in [6.07, 6.45) is 2.02. The number of carbonyl (C=O) groups is 1. The highest BCUT2D eigenvalue weighted by atomic mass is 16.5. The summed E-state index contributed by atoms with van der Waals surface area (Å²) in [5.41, 5.74) is 0. The maximum atomic E-state index is 10.8. The summed E-state index contributed by atoms with van der Waals surface area (Å²) in [5.74, 6) is 0.475. The minimum Gasteiger partial charge on any atom is -0.466 e. The maximum absolute atomic E-state index is 10.8. The van der Waals surface area contributed by atoms with Gasteiger partial charge in [0.1, 0.15) is 0 Å². The standard InChI is InChI=1S/C9H17O2/c1-4-5-9(10)11-7-6-8(2)3/h8H,1,4-7H2,2-3H3. The zero-order valence-electron chi connectivity index (χ0n) is 7.43. The van der Waals surface area contributed by atoms with E-state index in [2.05, 4.69) is 20.8 Å². The average molecular weight is 157 g/mol. The lowest BCUT2D eigenvalue weighted by molar-refractivity contribution is -0.143. The van der Waals surface area contributed by atoms with E-state index in [1.807, 2.05) is 0 Å². The predicted molar refractivity (Wildman–Crippen MR) is 45.0 cm³/mol. The van der Waals surface area contributed by atoms with Crippen molar-refractivity contribution in [2.24, 2.45) is 5.92 Å². The molecule has 0 saturated carbocycles. The summed E-state index contributed by atoms with van der Waals surface area (Å²) in [4.78, 5) is 10.8. The van der Waals surface area contributed by atoms with Gasteiger partial charge in [-0.2, -0.15) is 0 Å². The van der Waals surface area contributed by atoms with Crippen molar-refractivity contribution in [1.82, 2.24) is 0 Å².